The lowest BCUT2D eigenvalue weighted by Crippen LogP contribution is -2.25. The highest BCUT2D eigenvalue weighted by Crippen LogP contribution is 2.27. The van der Waals surface area contributed by atoms with E-state index in [2.05, 4.69) is 5.10 Å². The molecule has 1 heterocycles. The molecule has 0 bridgehead atoms. The van der Waals surface area contributed by atoms with E-state index in [4.69, 9.17) is 0 Å². The summed E-state index contributed by atoms with van der Waals surface area (Å²) in [6.07, 6.45) is 0. The van der Waals surface area contributed by atoms with Gasteiger partial charge in [0.1, 0.15) is 0 Å². The van der Waals surface area contributed by atoms with Crippen molar-refractivity contribution in [3.8, 4) is 0 Å². The number of hydrogen-bond acceptors (Lipinski definition) is 3. The molecule has 0 unspecified atom stereocenters. The minimum absolute atomic E-state index is 0.0695. The van der Waals surface area contributed by atoms with E-state index in [1.165, 1.54) is 0 Å². The molecule has 0 spiro atoms. The number of rotatable bonds is 1. The summed E-state index contributed by atoms with van der Waals surface area (Å²) < 4.78 is 14.6. The van der Waals surface area contributed by atoms with Gasteiger partial charge in [-0.25, -0.2) is 4.68 Å². The maximum atomic E-state index is 13.5. The van der Waals surface area contributed by atoms with Gasteiger partial charge in [-0.2, -0.15) is 9.49 Å². The number of nitro groups is 1. The van der Waals surface area contributed by atoms with Gasteiger partial charge in [0.05, 0.1) is 10.5 Å². The second-order valence-electron chi connectivity index (χ2n) is 3.77. The first-order valence-corrected chi connectivity index (χ1v) is 4.92. The predicted octanol–water partition coefficient (Wildman–Crippen LogP) is 2.29. The first kappa shape index (κ1) is 11.3. The summed E-state index contributed by atoms with van der Waals surface area (Å²) in [4.78, 5) is 9.73. The second kappa shape index (κ2) is 3.44. The first-order chi connectivity index (χ1) is 6.25. The fourth-order valence-electron chi connectivity index (χ4n) is 0.960. The molecule has 0 aliphatic heterocycles. The summed E-state index contributed by atoms with van der Waals surface area (Å²) in [6.45, 7) is 5.18. The van der Waals surface area contributed by atoms with Gasteiger partial charge in [-0.15, -0.1) is 0 Å². The molecule has 5 nitrogen and oxygen atoms in total. The Morgan fingerprint density at radius 1 is 1.57 bits per heavy atom. The number of nitrogens with zero attached hydrogens (tertiary/aromatic N) is 3. The Kier molecular flexibility index (Phi) is 2.79. The summed E-state index contributed by atoms with van der Waals surface area (Å²) in [7, 11) is 0. The average Bonchev–Trinajstić information content (AvgIpc) is 2.24. The molecule has 0 saturated carbocycles. The van der Waals surface area contributed by atoms with Gasteiger partial charge in [-0.1, -0.05) is 0 Å². The maximum absolute atomic E-state index is 13.5. The van der Waals surface area contributed by atoms with Crippen molar-refractivity contribution in [3.05, 3.63) is 19.8 Å². The van der Waals surface area contributed by atoms with Crippen LogP contribution in [0.4, 0.5) is 10.1 Å². The number of hydrogen-bond donors (Lipinski definition) is 0. The molecular weight excluding hydrogens is 304 g/mol. The molecule has 0 saturated heterocycles. The van der Waals surface area contributed by atoms with Crippen LogP contribution >= 0.6 is 22.6 Å². The third kappa shape index (κ3) is 1.86. The summed E-state index contributed by atoms with van der Waals surface area (Å²) in [5.41, 5.74) is -1.15. The van der Waals surface area contributed by atoms with Gasteiger partial charge >= 0.3 is 5.69 Å². The van der Waals surface area contributed by atoms with Gasteiger partial charge in [0.15, 0.2) is 0 Å². The van der Waals surface area contributed by atoms with Crippen LogP contribution in [0.2, 0.25) is 0 Å². The molecule has 0 amide bonds. The fraction of sp³-hybridized carbons (Fsp3) is 0.571. The Morgan fingerprint density at radius 2 is 2.07 bits per heavy atom. The molecule has 14 heavy (non-hydrogen) atoms. The SMILES string of the molecule is CC(C)(C)n1nc(I)c([N+](=O)[O-])c1F. The lowest BCUT2D eigenvalue weighted by molar-refractivity contribution is -0.388. The zero-order valence-corrected chi connectivity index (χ0v) is 10.1. The molecule has 78 valence electrons. The van der Waals surface area contributed by atoms with Crippen molar-refractivity contribution < 1.29 is 9.31 Å². The zero-order chi connectivity index (χ0) is 11.1. The maximum Gasteiger partial charge on any atom is 0.356 e. The Labute approximate surface area is 93.6 Å². The molecule has 1 aromatic rings. The molecule has 0 aliphatic rings. The highest BCUT2D eigenvalue weighted by atomic mass is 127. The highest BCUT2D eigenvalue weighted by molar-refractivity contribution is 14.1. The van der Waals surface area contributed by atoms with Gasteiger partial charge in [0.2, 0.25) is 3.70 Å². The van der Waals surface area contributed by atoms with E-state index in [1.807, 2.05) is 0 Å². The molecule has 0 N–H and O–H groups in total. The molecule has 1 aromatic heterocycles. The average molecular weight is 313 g/mol. The molecule has 0 atom stereocenters. The standard InChI is InChI=1S/C7H9FIN3O2/c1-7(2,3)11-5(8)4(12(13)14)6(9)10-11/h1-3H3. The van der Waals surface area contributed by atoms with Crippen LogP contribution in [0.25, 0.3) is 0 Å². The van der Waals surface area contributed by atoms with Crippen molar-refractivity contribution in [1.82, 2.24) is 9.78 Å². The topological polar surface area (TPSA) is 61.0 Å². The normalized spacial score (nSPS) is 11.8. The third-order valence-electron chi connectivity index (χ3n) is 1.58. The van der Waals surface area contributed by atoms with Gasteiger partial charge in [-0.3, -0.25) is 10.1 Å². The Balaban J connectivity index is 3.39. The molecular formula is C7H9FIN3O2. The van der Waals surface area contributed by atoms with E-state index in [0.717, 1.165) is 4.68 Å². The molecule has 0 radical (unpaired) electrons. The highest BCUT2D eigenvalue weighted by Gasteiger charge is 2.31. The van der Waals surface area contributed by atoms with Gasteiger partial charge in [0.25, 0.3) is 5.95 Å². The van der Waals surface area contributed by atoms with E-state index < -0.39 is 22.1 Å². The van der Waals surface area contributed by atoms with Crippen LogP contribution in [0.5, 0.6) is 0 Å². The lowest BCUT2D eigenvalue weighted by Gasteiger charge is -2.18. The van der Waals surface area contributed by atoms with Crippen molar-refractivity contribution in [2.75, 3.05) is 0 Å². The smallest absolute Gasteiger partial charge is 0.258 e. The van der Waals surface area contributed by atoms with Crippen LogP contribution in [0.1, 0.15) is 20.8 Å². The summed E-state index contributed by atoms with van der Waals surface area (Å²) in [5, 5.41) is 14.3. The zero-order valence-electron chi connectivity index (χ0n) is 7.91. The van der Waals surface area contributed by atoms with E-state index >= 15 is 0 Å². The van der Waals surface area contributed by atoms with Gasteiger partial charge in [-0.05, 0) is 43.4 Å². The van der Waals surface area contributed by atoms with Crippen LogP contribution in [-0.4, -0.2) is 14.7 Å². The summed E-state index contributed by atoms with van der Waals surface area (Å²) >= 11 is 1.65. The van der Waals surface area contributed by atoms with Crippen LogP contribution in [-0.2, 0) is 5.54 Å². The monoisotopic (exact) mass is 313 g/mol. The third-order valence-corrected chi connectivity index (χ3v) is 2.31. The van der Waals surface area contributed by atoms with E-state index in [0.29, 0.717) is 0 Å². The number of aromatic nitrogens is 2. The van der Waals surface area contributed by atoms with Crippen molar-refractivity contribution in [2.24, 2.45) is 0 Å². The largest absolute Gasteiger partial charge is 0.356 e. The van der Waals surface area contributed by atoms with Gasteiger partial charge in [0, 0.05) is 0 Å². The minimum Gasteiger partial charge on any atom is -0.258 e. The Bertz CT molecular complexity index is 383. The van der Waals surface area contributed by atoms with E-state index in [1.54, 1.807) is 43.4 Å². The molecule has 7 heteroatoms. The van der Waals surface area contributed by atoms with E-state index in [-0.39, 0.29) is 3.70 Å². The predicted molar refractivity (Wildman–Crippen MR) is 56.6 cm³/mol. The summed E-state index contributed by atoms with van der Waals surface area (Å²) in [5.74, 6) is -0.896. The molecule has 0 aromatic carbocycles. The molecule has 0 fully saturated rings. The van der Waals surface area contributed by atoms with Crippen molar-refractivity contribution in [3.63, 3.8) is 0 Å². The molecule has 1 rings (SSSR count). The van der Waals surface area contributed by atoms with Crippen LogP contribution < -0.4 is 0 Å². The van der Waals surface area contributed by atoms with Crippen molar-refractivity contribution >= 4 is 28.3 Å². The van der Waals surface area contributed by atoms with Gasteiger partial charge < -0.3 is 0 Å². The Hall–Kier alpha value is -0.730. The van der Waals surface area contributed by atoms with Crippen molar-refractivity contribution in [2.45, 2.75) is 26.3 Å². The minimum atomic E-state index is -0.896. The fourth-order valence-corrected chi connectivity index (χ4v) is 1.59. The second-order valence-corrected chi connectivity index (χ2v) is 4.79. The molecule has 0 aliphatic carbocycles. The van der Waals surface area contributed by atoms with Crippen LogP contribution in [0.15, 0.2) is 0 Å². The Morgan fingerprint density at radius 3 is 2.29 bits per heavy atom. The number of halogens is 2. The van der Waals surface area contributed by atoms with Crippen molar-refractivity contribution in [1.29, 1.82) is 0 Å². The summed E-state index contributed by atoms with van der Waals surface area (Å²) in [6, 6.07) is 0. The van der Waals surface area contributed by atoms with Crippen LogP contribution in [0, 0.1) is 19.8 Å². The lowest BCUT2D eigenvalue weighted by atomic mass is 10.1. The quantitative estimate of drug-likeness (QED) is 0.454. The first-order valence-electron chi connectivity index (χ1n) is 3.84. The van der Waals surface area contributed by atoms with E-state index in [9.17, 15) is 14.5 Å². The van der Waals surface area contributed by atoms with Crippen LogP contribution in [0.3, 0.4) is 0 Å².